The molecule has 0 N–H and O–H groups in total. The molecular weight excluding hydrogens is 347 g/mol. The first-order valence-corrected chi connectivity index (χ1v) is 9.91. The van der Waals surface area contributed by atoms with Crippen molar-refractivity contribution >= 4 is 7.82 Å². The molecule has 0 spiro atoms. The van der Waals surface area contributed by atoms with Crippen molar-refractivity contribution in [2.24, 2.45) is 0 Å². The van der Waals surface area contributed by atoms with E-state index >= 15 is 0 Å². The molecule has 0 radical (unpaired) electrons. The Balaban J connectivity index is 2.02. The molecule has 0 aromatic carbocycles. The Hall–Kier alpha value is -0.270. The van der Waals surface area contributed by atoms with Crippen LogP contribution in [-0.4, -0.2) is 42.1 Å². The van der Waals surface area contributed by atoms with Crippen molar-refractivity contribution in [3.05, 3.63) is 12.2 Å². The summed E-state index contributed by atoms with van der Waals surface area (Å²) in [5.41, 5.74) is -0.698. The van der Waals surface area contributed by atoms with Crippen LogP contribution in [0.2, 0.25) is 0 Å². The molecule has 25 heavy (non-hydrogen) atoms. The summed E-state index contributed by atoms with van der Waals surface area (Å²) < 4.78 is 47.0. The summed E-state index contributed by atoms with van der Waals surface area (Å²) in [6.07, 6.45) is -1.41. The largest absolute Gasteiger partial charge is 0.475 e. The summed E-state index contributed by atoms with van der Waals surface area (Å²) >= 11 is 0. The van der Waals surface area contributed by atoms with Crippen molar-refractivity contribution in [2.45, 2.75) is 90.9 Å². The fourth-order valence-electron chi connectivity index (χ4n) is 2.56. The van der Waals surface area contributed by atoms with Gasteiger partial charge in [0.15, 0.2) is 12.1 Å². The van der Waals surface area contributed by atoms with Crippen molar-refractivity contribution in [3.8, 4) is 0 Å². The molecule has 0 aromatic heterocycles. The second-order valence-electron chi connectivity index (χ2n) is 8.77. The molecule has 0 saturated carbocycles. The normalized spacial score (nSPS) is 29.9. The SMILES string of the molecule is C=C1[C@H]2OC(C)(C)O[C@H]2O[C@@H]1COP(=O)(OC(C)(C)C)OC(C)(C)C. The first-order chi connectivity index (χ1) is 11.1. The van der Waals surface area contributed by atoms with E-state index in [1.807, 2.05) is 13.8 Å². The van der Waals surface area contributed by atoms with Gasteiger partial charge in [0.1, 0.15) is 12.2 Å². The lowest BCUT2D eigenvalue weighted by Crippen LogP contribution is -2.29. The second-order valence-corrected chi connectivity index (χ2v) is 10.3. The van der Waals surface area contributed by atoms with E-state index in [-0.39, 0.29) is 12.7 Å². The molecular formula is C17H31O7P. The number of fused-ring (bicyclic) bond motifs is 1. The van der Waals surface area contributed by atoms with Crippen LogP contribution < -0.4 is 0 Å². The summed E-state index contributed by atoms with van der Waals surface area (Å²) in [5.74, 6) is -0.718. The van der Waals surface area contributed by atoms with E-state index in [0.717, 1.165) is 0 Å². The highest BCUT2D eigenvalue weighted by Gasteiger charge is 2.51. The van der Waals surface area contributed by atoms with Crippen LogP contribution in [0.5, 0.6) is 0 Å². The molecule has 0 amide bonds. The molecule has 0 aromatic rings. The van der Waals surface area contributed by atoms with Crippen LogP contribution in [0.4, 0.5) is 0 Å². The molecule has 2 saturated heterocycles. The average molecular weight is 378 g/mol. The van der Waals surface area contributed by atoms with Gasteiger partial charge in [-0.2, -0.15) is 0 Å². The van der Waals surface area contributed by atoms with Gasteiger partial charge in [0.25, 0.3) is 0 Å². The number of hydrogen-bond donors (Lipinski definition) is 0. The Bertz CT molecular complexity index is 538. The van der Waals surface area contributed by atoms with E-state index in [9.17, 15) is 4.57 Å². The zero-order valence-electron chi connectivity index (χ0n) is 16.5. The Labute approximate surface area is 150 Å². The number of rotatable bonds is 5. The summed E-state index contributed by atoms with van der Waals surface area (Å²) in [4.78, 5) is 0. The maximum atomic E-state index is 13.0. The quantitative estimate of drug-likeness (QED) is 0.525. The van der Waals surface area contributed by atoms with Gasteiger partial charge >= 0.3 is 7.82 Å². The van der Waals surface area contributed by atoms with Gasteiger partial charge < -0.3 is 14.2 Å². The third kappa shape index (κ3) is 5.86. The van der Waals surface area contributed by atoms with Gasteiger partial charge in [0, 0.05) is 0 Å². The topological polar surface area (TPSA) is 72.5 Å². The smallest absolute Gasteiger partial charge is 0.339 e. The van der Waals surface area contributed by atoms with Crippen molar-refractivity contribution in [2.75, 3.05) is 6.61 Å². The lowest BCUT2D eigenvalue weighted by molar-refractivity contribution is -0.202. The minimum absolute atomic E-state index is 0.0254. The maximum absolute atomic E-state index is 13.0. The maximum Gasteiger partial charge on any atom is 0.475 e. The molecule has 2 aliphatic rings. The number of ether oxygens (including phenoxy) is 3. The minimum Gasteiger partial charge on any atom is -0.339 e. The van der Waals surface area contributed by atoms with Crippen LogP contribution in [0.1, 0.15) is 55.4 Å². The van der Waals surface area contributed by atoms with Crippen LogP contribution >= 0.6 is 7.82 Å². The van der Waals surface area contributed by atoms with Gasteiger partial charge in [-0.25, -0.2) is 4.57 Å². The lowest BCUT2D eigenvalue weighted by atomic mass is 10.1. The lowest BCUT2D eigenvalue weighted by Gasteiger charge is -2.31. The van der Waals surface area contributed by atoms with Gasteiger partial charge in [-0.1, -0.05) is 6.58 Å². The first kappa shape index (κ1) is 21.0. The van der Waals surface area contributed by atoms with E-state index in [4.69, 9.17) is 27.8 Å². The highest BCUT2D eigenvalue weighted by Crippen LogP contribution is 2.56. The van der Waals surface area contributed by atoms with Crippen LogP contribution in [0, 0.1) is 0 Å². The number of hydrogen-bond acceptors (Lipinski definition) is 7. The van der Waals surface area contributed by atoms with Crippen molar-refractivity contribution < 1.29 is 32.3 Å². The van der Waals surface area contributed by atoms with Crippen LogP contribution in [0.15, 0.2) is 12.2 Å². The summed E-state index contributed by atoms with van der Waals surface area (Å²) in [6, 6.07) is 0. The Morgan fingerprint density at radius 3 is 2.04 bits per heavy atom. The summed E-state index contributed by atoms with van der Waals surface area (Å²) in [6.45, 7) is 18.3. The fraction of sp³-hybridized carbons (Fsp3) is 0.882. The Morgan fingerprint density at radius 2 is 1.60 bits per heavy atom. The minimum atomic E-state index is -3.80. The molecule has 146 valence electrons. The van der Waals surface area contributed by atoms with Crippen molar-refractivity contribution in [3.63, 3.8) is 0 Å². The summed E-state index contributed by atoms with van der Waals surface area (Å²) in [7, 11) is -3.80. The molecule has 0 aliphatic carbocycles. The van der Waals surface area contributed by atoms with E-state index in [2.05, 4.69) is 6.58 Å². The van der Waals surface area contributed by atoms with Crippen molar-refractivity contribution in [1.29, 1.82) is 0 Å². The van der Waals surface area contributed by atoms with Gasteiger partial charge in [-0.15, -0.1) is 0 Å². The standard InChI is InChI=1S/C17H31O7P/c1-11-12(20-14-13(11)21-17(8,9)22-14)10-19-25(18,23-15(2,3)4)24-16(5,6)7/h12-14H,1,10H2,2-9H3/t12-,13-,14-/m1/s1. The number of phosphoric acid groups is 1. The van der Waals surface area contributed by atoms with Crippen molar-refractivity contribution in [1.82, 2.24) is 0 Å². The molecule has 2 fully saturated rings. The third-order valence-electron chi connectivity index (χ3n) is 3.29. The van der Waals surface area contributed by atoms with Gasteiger partial charge in [-0.3, -0.25) is 13.6 Å². The molecule has 8 heteroatoms. The Morgan fingerprint density at radius 1 is 1.08 bits per heavy atom. The number of phosphoric ester groups is 1. The fourth-order valence-corrected chi connectivity index (χ4v) is 4.36. The molecule has 3 atom stereocenters. The Kier molecular flexibility index (Phi) is 5.65. The van der Waals surface area contributed by atoms with E-state index in [1.54, 1.807) is 41.5 Å². The predicted molar refractivity (Wildman–Crippen MR) is 93.1 cm³/mol. The van der Waals surface area contributed by atoms with Gasteiger partial charge in [0.2, 0.25) is 0 Å². The predicted octanol–water partition coefficient (Wildman–Crippen LogP) is 4.17. The van der Waals surface area contributed by atoms with E-state index in [1.165, 1.54) is 0 Å². The molecule has 2 aliphatic heterocycles. The molecule has 2 rings (SSSR count). The van der Waals surface area contributed by atoms with Gasteiger partial charge in [-0.05, 0) is 61.0 Å². The monoisotopic (exact) mass is 378 g/mol. The summed E-state index contributed by atoms with van der Waals surface area (Å²) in [5, 5.41) is 0. The highest BCUT2D eigenvalue weighted by atomic mass is 31.2. The van der Waals surface area contributed by atoms with Crippen LogP contribution in [-0.2, 0) is 32.3 Å². The van der Waals surface area contributed by atoms with E-state index in [0.29, 0.717) is 5.57 Å². The average Bonchev–Trinajstić information content (AvgIpc) is 2.76. The highest BCUT2D eigenvalue weighted by molar-refractivity contribution is 7.48. The molecule has 0 bridgehead atoms. The molecule has 0 unspecified atom stereocenters. The zero-order valence-corrected chi connectivity index (χ0v) is 17.3. The molecule has 7 nitrogen and oxygen atoms in total. The zero-order chi connectivity index (χ0) is 19.3. The van der Waals surface area contributed by atoms with Crippen LogP contribution in [0.25, 0.3) is 0 Å². The van der Waals surface area contributed by atoms with E-state index < -0.39 is 37.2 Å². The first-order valence-electron chi connectivity index (χ1n) is 8.45. The molecule has 2 heterocycles. The second kappa shape index (κ2) is 6.71. The van der Waals surface area contributed by atoms with Crippen LogP contribution in [0.3, 0.4) is 0 Å². The third-order valence-corrected chi connectivity index (χ3v) is 5.30. The van der Waals surface area contributed by atoms with Gasteiger partial charge in [0.05, 0.1) is 17.8 Å².